The largest absolute Gasteiger partial charge is 0.458 e. The molecule has 0 atom stereocenters. The Morgan fingerprint density at radius 1 is 0.338 bits per heavy atom. The number of benzene rings is 11. The lowest BCUT2D eigenvalue weighted by molar-refractivity contribution is 0.486. The summed E-state index contributed by atoms with van der Waals surface area (Å²) in [5.74, 6) is 3.37. The molecule has 16 rings (SSSR count). The quantitative estimate of drug-likeness (QED) is 0.149. The molecule has 0 saturated carbocycles. The van der Waals surface area contributed by atoms with Gasteiger partial charge in [0, 0.05) is 68.2 Å². The maximum Gasteiger partial charge on any atom is 0.256 e. The van der Waals surface area contributed by atoms with E-state index >= 15 is 0 Å². The number of ether oxygens (including phenoxy) is 2. The van der Waals surface area contributed by atoms with E-state index in [2.05, 4.69) is 274 Å². The van der Waals surface area contributed by atoms with Gasteiger partial charge in [-0.3, -0.25) is 0 Å². The molecule has 4 aliphatic rings. The summed E-state index contributed by atoms with van der Waals surface area (Å²) < 4.78 is 17.5. The van der Waals surface area contributed by atoms with Gasteiger partial charge in [-0.2, -0.15) is 0 Å². The van der Waals surface area contributed by atoms with Crippen LogP contribution in [0.25, 0.3) is 27.5 Å². The lowest BCUT2D eigenvalue weighted by Crippen LogP contribution is -2.62. The highest BCUT2D eigenvalue weighted by atomic mass is 16.5. The summed E-state index contributed by atoms with van der Waals surface area (Å²) in [6, 6.07) is 91.7. The number of anilines is 9. The Labute approximate surface area is 429 Å². The van der Waals surface area contributed by atoms with Gasteiger partial charge in [-0.25, -0.2) is 0 Å². The molecule has 1 aromatic heterocycles. The highest BCUT2D eigenvalue weighted by molar-refractivity contribution is 7.01. The molecule has 0 amide bonds. The SMILES string of the molecule is c1ccc(N(c2ccccc2)c2cc3c4c(c2)N(c2ccccc2)c2c(ccc5c2Oc2cc(N(c6ccccc6)c6ccccc6)cc6c2B5c2cccc5c7ccccc7n-6c25)B4c2ccccc2O3)cc1. The molecule has 0 unspecified atom stereocenters. The summed E-state index contributed by atoms with van der Waals surface area (Å²) in [7, 11) is 0. The molecular formula is C66H42B2N4O2. The summed E-state index contributed by atoms with van der Waals surface area (Å²) in [6.07, 6.45) is 0. The Bertz CT molecular complexity index is 4150. The van der Waals surface area contributed by atoms with E-state index in [9.17, 15) is 0 Å². The minimum atomic E-state index is -0.156. The summed E-state index contributed by atoms with van der Waals surface area (Å²) >= 11 is 0. The normalized spacial score (nSPS) is 13.0. The molecular weight excluding hydrogens is 902 g/mol. The highest BCUT2D eigenvalue weighted by Crippen LogP contribution is 2.50. The molecule has 0 aliphatic carbocycles. The van der Waals surface area contributed by atoms with Crippen molar-refractivity contribution in [3.05, 3.63) is 255 Å². The molecule has 4 aliphatic heterocycles. The second kappa shape index (κ2) is 15.9. The Morgan fingerprint density at radius 3 is 1.47 bits per heavy atom. The van der Waals surface area contributed by atoms with E-state index in [0.29, 0.717) is 0 Å². The van der Waals surface area contributed by atoms with Gasteiger partial charge >= 0.3 is 0 Å². The van der Waals surface area contributed by atoms with Crippen molar-refractivity contribution >= 4 is 119 Å². The van der Waals surface area contributed by atoms with Crippen molar-refractivity contribution in [1.82, 2.24) is 4.57 Å². The lowest BCUT2D eigenvalue weighted by Gasteiger charge is -2.43. The zero-order chi connectivity index (χ0) is 48.4. The van der Waals surface area contributed by atoms with Crippen molar-refractivity contribution in [2.75, 3.05) is 14.7 Å². The zero-order valence-corrected chi connectivity index (χ0v) is 40.0. The third-order valence-corrected chi connectivity index (χ3v) is 15.6. The molecule has 8 heteroatoms. The van der Waals surface area contributed by atoms with Gasteiger partial charge in [0.2, 0.25) is 0 Å². The van der Waals surface area contributed by atoms with Crippen LogP contribution in [0.5, 0.6) is 23.0 Å². The Morgan fingerprint density at radius 2 is 0.824 bits per heavy atom. The van der Waals surface area contributed by atoms with Crippen molar-refractivity contribution in [3.63, 3.8) is 0 Å². The molecule has 0 bridgehead atoms. The van der Waals surface area contributed by atoms with Crippen molar-refractivity contribution in [2.24, 2.45) is 0 Å². The summed E-state index contributed by atoms with van der Waals surface area (Å²) in [4.78, 5) is 7.14. The van der Waals surface area contributed by atoms with E-state index < -0.39 is 0 Å². The smallest absolute Gasteiger partial charge is 0.256 e. The number of aromatic nitrogens is 1. The van der Waals surface area contributed by atoms with Crippen LogP contribution in [0.1, 0.15) is 0 Å². The highest BCUT2D eigenvalue weighted by Gasteiger charge is 2.48. The Balaban J connectivity index is 1.01. The fourth-order valence-corrected chi connectivity index (χ4v) is 12.7. The molecule has 74 heavy (non-hydrogen) atoms. The molecule has 0 spiro atoms. The third-order valence-electron chi connectivity index (χ3n) is 15.6. The van der Waals surface area contributed by atoms with E-state index in [-0.39, 0.29) is 13.4 Å². The maximum atomic E-state index is 7.87. The van der Waals surface area contributed by atoms with Crippen molar-refractivity contribution in [3.8, 4) is 28.7 Å². The number of para-hydroxylation sites is 8. The van der Waals surface area contributed by atoms with Crippen molar-refractivity contribution in [2.45, 2.75) is 0 Å². The van der Waals surface area contributed by atoms with Crippen LogP contribution in [-0.2, 0) is 0 Å². The molecule has 5 heterocycles. The third kappa shape index (κ3) is 5.91. The number of hydrogen-bond acceptors (Lipinski definition) is 5. The van der Waals surface area contributed by atoms with Crippen LogP contribution in [-0.4, -0.2) is 18.0 Å². The van der Waals surface area contributed by atoms with Crippen LogP contribution >= 0.6 is 0 Å². The molecule has 12 aromatic rings. The van der Waals surface area contributed by atoms with Crippen LogP contribution in [0.4, 0.5) is 51.2 Å². The van der Waals surface area contributed by atoms with Crippen LogP contribution in [0.3, 0.4) is 0 Å². The number of fused-ring (bicyclic) bond motifs is 12. The fourth-order valence-electron chi connectivity index (χ4n) is 12.7. The van der Waals surface area contributed by atoms with E-state index in [1.54, 1.807) is 0 Å². The van der Waals surface area contributed by atoms with E-state index in [4.69, 9.17) is 9.47 Å². The molecule has 6 nitrogen and oxygen atoms in total. The van der Waals surface area contributed by atoms with Crippen LogP contribution < -0.4 is 57.0 Å². The molecule has 0 N–H and O–H groups in total. The standard InChI is InChI=1S/C66H42B2N4O2/c1-6-21-43(22-7-1)69(44-23-8-2-9-24-44)48-39-57-62-60(41-48)73-59-36-19-17-33-52(59)67(62)54-37-38-55-66(65(54)71(57)47-29-14-5-15-30-47)74-61-42-49(70(45-25-10-3-11-26-45)46-27-12-4-13-28-46)40-58-63(61)68(55)53-34-20-32-51-50-31-16-18-35-56(50)72(58)64(51)53/h1-42H. The lowest BCUT2D eigenvalue weighted by atomic mass is 9.32. The molecule has 0 fully saturated rings. The predicted molar refractivity (Wildman–Crippen MR) is 307 cm³/mol. The zero-order valence-electron chi connectivity index (χ0n) is 40.0. The van der Waals surface area contributed by atoms with Gasteiger partial charge in [-0.05, 0) is 118 Å². The summed E-state index contributed by atoms with van der Waals surface area (Å²) in [5, 5.41) is 2.47. The van der Waals surface area contributed by atoms with Crippen molar-refractivity contribution < 1.29 is 9.47 Å². The van der Waals surface area contributed by atoms with E-state index in [1.165, 1.54) is 27.3 Å². The summed E-state index contributed by atoms with van der Waals surface area (Å²) in [5.41, 5.74) is 19.8. The second-order valence-electron chi connectivity index (χ2n) is 19.6. The first-order valence-electron chi connectivity index (χ1n) is 25.4. The van der Waals surface area contributed by atoms with Crippen LogP contribution in [0, 0.1) is 0 Å². The Kier molecular flexibility index (Phi) is 8.83. The first-order valence-corrected chi connectivity index (χ1v) is 25.4. The molecule has 11 aromatic carbocycles. The van der Waals surface area contributed by atoms with Crippen molar-refractivity contribution in [1.29, 1.82) is 0 Å². The monoisotopic (exact) mass is 944 g/mol. The van der Waals surface area contributed by atoms with Gasteiger partial charge in [0.15, 0.2) is 0 Å². The number of nitrogens with zero attached hydrogens (tertiary/aromatic N) is 4. The molecule has 344 valence electrons. The first-order chi connectivity index (χ1) is 36.7. The first kappa shape index (κ1) is 41.0. The number of rotatable bonds is 7. The van der Waals surface area contributed by atoms with Gasteiger partial charge in [-0.1, -0.05) is 158 Å². The average molecular weight is 945 g/mol. The summed E-state index contributed by atoms with van der Waals surface area (Å²) in [6.45, 7) is -0.294. The topological polar surface area (TPSA) is 33.1 Å². The minimum Gasteiger partial charge on any atom is -0.458 e. The van der Waals surface area contributed by atoms with Gasteiger partial charge in [-0.15, -0.1) is 0 Å². The van der Waals surface area contributed by atoms with Gasteiger partial charge < -0.3 is 28.7 Å². The van der Waals surface area contributed by atoms with E-state index in [0.717, 1.165) is 107 Å². The van der Waals surface area contributed by atoms with Gasteiger partial charge in [0.05, 0.1) is 22.6 Å². The maximum absolute atomic E-state index is 7.87. The predicted octanol–water partition coefficient (Wildman–Crippen LogP) is 13.1. The van der Waals surface area contributed by atoms with Gasteiger partial charge in [0.1, 0.15) is 23.0 Å². The molecule has 0 radical (unpaired) electrons. The number of hydrogen-bond donors (Lipinski definition) is 0. The second-order valence-corrected chi connectivity index (χ2v) is 19.6. The van der Waals surface area contributed by atoms with Crippen LogP contribution in [0.15, 0.2) is 255 Å². The average Bonchev–Trinajstić information content (AvgIpc) is 3.85. The Hall–Kier alpha value is -9.65. The van der Waals surface area contributed by atoms with Gasteiger partial charge in [0.25, 0.3) is 13.4 Å². The fraction of sp³-hybridized carbons (Fsp3) is 0. The molecule has 0 saturated heterocycles. The van der Waals surface area contributed by atoms with Crippen LogP contribution in [0.2, 0.25) is 0 Å². The van der Waals surface area contributed by atoms with E-state index in [1.807, 2.05) is 0 Å². The minimum absolute atomic E-state index is 0.139.